The van der Waals surface area contributed by atoms with Gasteiger partial charge in [0.15, 0.2) is 0 Å². The molecule has 15 rings (SSSR count). The number of H-pyrrole nitrogens is 6. The van der Waals surface area contributed by atoms with Crippen molar-refractivity contribution in [2.24, 2.45) is 0 Å². The first-order valence-corrected chi connectivity index (χ1v) is 35.7. The Morgan fingerprint density at radius 1 is 0.214 bits per heavy atom. The average molecular weight is 1520 g/mol. The van der Waals surface area contributed by atoms with E-state index in [1.165, 1.54) is 72.9 Å². The van der Waals surface area contributed by atoms with Crippen molar-refractivity contribution in [1.29, 1.82) is 0 Å². The molecule has 24 bridgehead atoms. The van der Waals surface area contributed by atoms with Gasteiger partial charge < -0.3 is 57.2 Å². The van der Waals surface area contributed by atoms with Gasteiger partial charge in [0, 0.05) is 49.7 Å². The van der Waals surface area contributed by atoms with Crippen molar-refractivity contribution < 1.29 is 112 Å². The Labute approximate surface area is 574 Å². The maximum Gasteiger partial charge on any atom is 3.00 e. The molecule has 15 heterocycles. The average Bonchev–Trinajstić information content (AvgIpc) is 1.62. The van der Waals surface area contributed by atoms with Crippen LogP contribution < -0.4 is 0 Å². The van der Waals surface area contributed by atoms with E-state index in [-0.39, 0.29) is 102 Å². The van der Waals surface area contributed by atoms with Crippen molar-refractivity contribution >= 4 is 200 Å². The number of nitrogens with one attached hydrogen (secondary N) is 6. The summed E-state index contributed by atoms with van der Waals surface area (Å²) in [5.74, 6) is 0. The third-order valence-electron chi connectivity index (χ3n) is 14.4. The van der Waals surface area contributed by atoms with Crippen molar-refractivity contribution in [1.82, 2.24) is 59.8 Å². The zero-order chi connectivity index (χ0) is 68.0. The Kier molecular flexibility index (Phi) is 18.4. The van der Waals surface area contributed by atoms with Gasteiger partial charge in [-0.2, -0.15) is 0 Å². The summed E-state index contributed by atoms with van der Waals surface area (Å²) < 4.78 is 217. The molecule has 496 valence electrons. The molecular weight excluding hydrogens is 1480 g/mol. The topological polar surface area (TPSA) is 515 Å². The van der Waals surface area contributed by atoms with Gasteiger partial charge >= 0.3 is 34.1 Å². The van der Waals surface area contributed by atoms with Crippen molar-refractivity contribution in [3.63, 3.8) is 0 Å². The molecular formula is C60H36Fe2N12O18S6. The summed E-state index contributed by atoms with van der Waals surface area (Å²) in [6, 6.07) is 29.7. The molecule has 98 heavy (non-hydrogen) atoms. The minimum Gasteiger partial charge on any atom is -0.744 e. The van der Waals surface area contributed by atoms with Crippen molar-refractivity contribution in [2.75, 3.05) is 0 Å². The van der Waals surface area contributed by atoms with E-state index in [0.717, 1.165) is 18.2 Å². The van der Waals surface area contributed by atoms with Gasteiger partial charge in [-0.15, -0.1) is 0 Å². The second-order valence-electron chi connectivity index (χ2n) is 21.1. The zero-order valence-electron chi connectivity index (χ0n) is 48.5. The summed E-state index contributed by atoms with van der Waals surface area (Å²) in [6.07, 6.45) is 15.6. The van der Waals surface area contributed by atoms with Crippen LogP contribution in [0.2, 0.25) is 0 Å². The fourth-order valence-corrected chi connectivity index (χ4v) is 15.1. The summed E-state index contributed by atoms with van der Waals surface area (Å²) in [4.78, 5) is 38.3. The van der Waals surface area contributed by atoms with Gasteiger partial charge in [-0.1, -0.05) is 0 Å². The van der Waals surface area contributed by atoms with Gasteiger partial charge in [-0.05, 0) is 182 Å². The number of hydrogen-bond acceptors (Lipinski definition) is 24. The number of aromatic nitrogens is 12. The number of rotatable bonds is 6. The fourth-order valence-electron chi connectivity index (χ4n) is 10.6. The van der Waals surface area contributed by atoms with Crippen LogP contribution in [0.25, 0.3) is 139 Å². The Balaban J connectivity index is 0.000000147. The van der Waals surface area contributed by atoms with E-state index < -0.39 is 90.1 Å². The molecule has 6 aliphatic heterocycles. The molecule has 30 nitrogen and oxygen atoms in total. The number of nitrogens with zero attached hydrogens (tertiary/aromatic N) is 6. The summed E-state index contributed by atoms with van der Waals surface area (Å²) in [5, 5.41) is 0. The van der Waals surface area contributed by atoms with E-state index in [1.54, 1.807) is 91.0 Å². The van der Waals surface area contributed by atoms with Crippen LogP contribution in [0.3, 0.4) is 0 Å². The molecule has 0 unspecified atom stereocenters. The number of fused-ring (bicyclic) bond motifs is 24. The van der Waals surface area contributed by atoms with Gasteiger partial charge in [-0.25, -0.2) is 80.4 Å². The van der Waals surface area contributed by atoms with Gasteiger partial charge in [0.1, 0.15) is 90.1 Å². The Morgan fingerprint density at radius 2 is 0.388 bits per heavy atom. The molecule has 0 aliphatic carbocycles. The van der Waals surface area contributed by atoms with Crippen LogP contribution in [0.4, 0.5) is 0 Å². The van der Waals surface area contributed by atoms with Crippen LogP contribution in [0.5, 0.6) is 0 Å². The summed E-state index contributed by atoms with van der Waals surface area (Å²) in [6.45, 7) is 0. The first kappa shape index (κ1) is 69.6. The van der Waals surface area contributed by atoms with Crippen LogP contribution in [-0.2, 0) is 94.8 Å². The van der Waals surface area contributed by atoms with E-state index in [2.05, 4.69) is 59.8 Å². The first-order chi connectivity index (χ1) is 45.2. The second-order valence-corrected chi connectivity index (χ2v) is 29.0. The first-order valence-electron chi connectivity index (χ1n) is 27.3. The molecule has 0 fully saturated rings. The summed E-state index contributed by atoms with van der Waals surface area (Å²) >= 11 is 0. The summed E-state index contributed by atoms with van der Waals surface area (Å²) in [5.41, 5.74) is 4.41. The van der Waals surface area contributed by atoms with E-state index in [1.807, 2.05) is 0 Å². The number of aromatic amines is 6. The molecule has 38 heteroatoms. The van der Waals surface area contributed by atoms with Crippen LogP contribution in [-0.4, -0.2) is 138 Å². The standard InChI is InChI=1S/3C20H14N4O6S2.2Fe/c3*25-31(26,27)19-15-5-3-13(22-15)9-11-1-2-12(21-11)10-14-4-6-16(23-14)20(32(28,29)30)18-8-7-17(19)24-18;;/h3*1-10,21-22H,(H,25,26,27)(H,28,29,30);;/q;;;2*+3/p-6. The van der Waals surface area contributed by atoms with Crippen molar-refractivity contribution in [2.45, 2.75) is 29.4 Å². The fraction of sp³-hybridized carbons (Fsp3) is 0. The Morgan fingerprint density at radius 3 is 0.612 bits per heavy atom. The van der Waals surface area contributed by atoms with Gasteiger partial charge in [0.05, 0.1) is 84.9 Å². The summed E-state index contributed by atoms with van der Waals surface area (Å²) in [7, 11) is -30.2. The molecule has 0 atom stereocenters. The quantitative estimate of drug-likeness (QED) is 0.0698. The zero-order valence-corrected chi connectivity index (χ0v) is 55.6. The third-order valence-corrected chi connectivity index (χ3v) is 19.9. The second kappa shape index (κ2) is 25.9. The largest absolute Gasteiger partial charge is 3.00 e. The maximum atomic E-state index is 12.0. The minimum atomic E-state index is -5.05. The maximum absolute atomic E-state index is 12.0. The Hall–Kier alpha value is -9.70. The molecule has 9 aromatic rings. The van der Waals surface area contributed by atoms with Crippen LogP contribution in [0, 0.1) is 0 Å². The predicted octanol–water partition coefficient (Wildman–Crippen LogP) is 7.39. The van der Waals surface area contributed by atoms with Crippen LogP contribution in [0.1, 0.15) is 68.3 Å². The van der Waals surface area contributed by atoms with Crippen molar-refractivity contribution in [3.8, 4) is 0 Å². The van der Waals surface area contributed by atoms with Gasteiger partial charge in [0.25, 0.3) is 0 Å². The molecule has 9 aromatic heterocycles. The smallest absolute Gasteiger partial charge is 0.744 e. The normalized spacial score (nSPS) is 13.3. The van der Waals surface area contributed by atoms with Crippen molar-refractivity contribution in [3.05, 3.63) is 178 Å². The number of hydrogen-bond donors (Lipinski definition) is 6. The van der Waals surface area contributed by atoms with Crippen LogP contribution >= 0.6 is 0 Å². The van der Waals surface area contributed by atoms with E-state index in [9.17, 15) is 77.8 Å². The molecule has 2 radical (unpaired) electrons. The van der Waals surface area contributed by atoms with E-state index in [0.29, 0.717) is 66.7 Å². The van der Waals surface area contributed by atoms with Gasteiger partial charge in [0.2, 0.25) is 0 Å². The molecule has 0 saturated heterocycles. The van der Waals surface area contributed by atoms with E-state index >= 15 is 0 Å². The molecule has 0 amide bonds. The molecule has 6 N–H and O–H groups in total. The predicted molar refractivity (Wildman–Crippen MR) is 344 cm³/mol. The molecule has 0 spiro atoms. The minimum absolute atomic E-state index is 0. The molecule has 0 saturated carbocycles. The van der Waals surface area contributed by atoms with Crippen LogP contribution in [0.15, 0.2) is 139 Å². The monoisotopic (exact) mass is 1520 g/mol. The SMILES string of the molecule is O=S(=O)([O-])c1c2nc(cc3ccc(cc4ccc([nH]4)c(S(=O)(=O)[O-])c4nc1C=C4)[nH]3)C=C2.O=S(=O)([O-])c1c2nc(cc3ccc(cc4ccc([nH]4)c(S(=O)(=O)[O-])c4nc1C=C4)[nH]3)C=C2.O=S(=O)([O-])c1c2nc(cc3ccc(cc4ccc([nH]4)c(S(=O)(=O)[O-])c4nc1C=C4)[nH]3)C=C2.[Fe+3].[Fe+3]. The van der Waals surface area contributed by atoms with Gasteiger partial charge in [-0.3, -0.25) is 0 Å². The molecule has 0 aromatic carbocycles. The third kappa shape index (κ3) is 14.8. The molecule has 6 aliphatic rings. The van der Waals surface area contributed by atoms with E-state index in [4.69, 9.17) is 0 Å². The Bertz CT molecular complexity index is 5810.